The molecule has 0 spiro atoms. The fourth-order valence-electron chi connectivity index (χ4n) is 1.35. The first-order valence-electron chi connectivity index (χ1n) is 3.84. The summed E-state index contributed by atoms with van der Waals surface area (Å²) in [7, 11) is 1.91. The molecule has 0 saturated carbocycles. The summed E-state index contributed by atoms with van der Waals surface area (Å²) in [5.74, 6) is 0. The van der Waals surface area contributed by atoms with E-state index in [1.54, 1.807) is 12.1 Å². The third-order valence-corrected chi connectivity index (χ3v) is 2.72. The number of hydrogen-bond donors (Lipinski definition) is 1. The summed E-state index contributed by atoms with van der Waals surface area (Å²) in [6.07, 6.45) is 1.93. The molecular weight excluding hydrogens is 186 g/mol. The number of rotatable bonds is 1. The van der Waals surface area contributed by atoms with Crippen LogP contribution in [0.15, 0.2) is 35.4 Å². The SMILES string of the molecule is Cn1ccc2ccc(S(=O)O)cc21. The second-order valence-electron chi connectivity index (χ2n) is 2.90. The Bertz CT molecular complexity index is 475. The van der Waals surface area contributed by atoms with Crippen LogP contribution in [-0.4, -0.2) is 13.3 Å². The maximum atomic E-state index is 10.8. The lowest BCUT2D eigenvalue weighted by atomic mass is 10.2. The summed E-state index contributed by atoms with van der Waals surface area (Å²) in [5.41, 5.74) is 0.972. The molecule has 1 N–H and O–H groups in total. The van der Waals surface area contributed by atoms with E-state index in [0.717, 1.165) is 10.9 Å². The van der Waals surface area contributed by atoms with Crippen LogP contribution in [0.2, 0.25) is 0 Å². The van der Waals surface area contributed by atoms with Gasteiger partial charge in [-0.1, -0.05) is 6.07 Å². The Morgan fingerprint density at radius 2 is 2.15 bits per heavy atom. The van der Waals surface area contributed by atoms with Gasteiger partial charge in [-0.25, -0.2) is 4.21 Å². The molecule has 0 aliphatic heterocycles. The van der Waals surface area contributed by atoms with Crippen molar-refractivity contribution in [2.45, 2.75) is 4.90 Å². The van der Waals surface area contributed by atoms with Crippen LogP contribution in [0.3, 0.4) is 0 Å². The molecule has 0 bridgehead atoms. The minimum atomic E-state index is -1.89. The lowest BCUT2D eigenvalue weighted by Crippen LogP contribution is -1.89. The Hall–Kier alpha value is -1.13. The van der Waals surface area contributed by atoms with Gasteiger partial charge in [0.05, 0.1) is 4.90 Å². The van der Waals surface area contributed by atoms with E-state index >= 15 is 0 Å². The Balaban J connectivity index is 2.72. The number of nitrogens with zero attached hydrogens (tertiary/aromatic N) is 1. The van der Waals surface area contributed by atoms with Crippen LogP contribution in [0.4, 0.5) is 0 Å². The number of fused-ring (bicyclic) bond motifs is 1. The smallest absolute Gasteiger partial charge is 0.186 e. The molecule has 3 nitrogen and oxygen atoms in total. The van der Waals surface area contributed by atoms with E-state index in [-0.39, 0.29) is 0 Å². The molecule has 1 atom stereocenters. The van der Waals surface area contributed by atoms with Crippen molar-refractivity contribution in [3.05, 3.63) is 30.5 Å². The van der Waals surface area contributed by atoms with Crippen molar-refractivity contribution < 1.29 is 8.76 Å². The van der Waals surface area contributed by atoms with Gasteiger partial charge in [0.2, 0.25) is 0 Å². The highest BCUT2D eigenvalue weighted by molar-refractivity contribution is 7.79. The van der Waals surface area contributed by atoms with Crippen LogP contribution in [0.1, 0.15) is 0 Å². The topological polar surface area (TPSA) is 42.2 Å². The van der Waals surface area contributed by atoms with Gasteiger partial charge in [0.15, 0.2) is 11.1 Å². The quantitative estimate of drug-likeness (QED) is 0.704. The summed E-state index contributed by atoms with van der Waals surface area (Å²) in [6.45, 7) is 0. The lowest BCUT2D eigenvalue weighted by Gasteiger charge is -1.98. The second kappa shape index (κ2) is 2.97. The normalized spacial score (nSPS) is 13.4. The van der Waals surface area contributed by atoms with E-state index in [1.807, 2.05) is 29.9 Å². The van der Waals surface area contributed by atoms with Crippen LogP contribution < -0.4 is 0 Å². The Morgan fingerprint density at radius 3 is 2.85 bits per heavy atom. The van der Waals surface area contributed by atoms with Gasteiger partial charge in [0, 0.05) is 18.8 Å². The van der Waals surface area contributed by atoms with Gasteiger partial charge >= 0.3 is 0 Å². The van der Waals surface area contributed by atoms with Gasteiger partial charge in [-0.05, 0) is 23.6 Å². The zero-order chi connectivity index (χ0) is 9.42. The van der Waals surface area contributed by atoms with Crippen molar-refractivity contribution >= 4 is 22.0 Å². The van der Waals surface area contributed by atoms with Gasteiger partial charge in [-0.15, -0.1) is 0 Å². The largest absolute Gasteiger partial charge is 0.351 e. The summed E-state index contributed by atoms with van der Waals surface area (Å²) >= 11 is -1.89. The van der Waals surface area contributed by atoms with Crippen molar-refractivity contribution in [1.82, 2.24) is 4.57 Å². The van der Waals surface area contributed by atoms with E-state index in [1.165, 1.54) is 0 Å². The van der Waals surface area contributed by atoms with E-state index in [0.29, 0.717) is 4.90 Å². The monoisotopic (exact) mass is 195 g/mol. The van der Waals surface area contributed by atoms with Gasteiger partial charge in [-0.2, -0.15) is 0 Å². The summed E-state index contributed by atoms with van der Waals surface area (Å²) in [4.78, 5) is 0.439. The van der Waals surface area contributed by atoms with Gasteiger partial charge < -0.3 is 9.12 Å². The van der Waals surface area contributed by atoms with E-state index in [2.05, 4.69) is 0 Å². The maximum absolute atomic E-state index is 10.8. The van der Waals surface area contributed by atoms with Crippen molar-refractivity contribution in [3.8, 4) is 0 Å². The van der Waals surface area contributed by atoms with E-state index in [9.17, 15) is 4.21 Å². The van der Waals surface area contributed by atoms with Gasteiger partial charge in [0.1, 0.15) is 0 Å². The Labute approximate surface area is 78.3 Å². The highest BCUT2D eigenvalue weighted by Gasteiger charge is 2.02. The molecule has 0 fully saturated rings. The Morgan fingerprint density at radius 1 is 1.38 bits per heavy atom. The van der Waals surface area contributed by atoms with Crippen LogP contribution in [-0.2, 0) is 18.1 Å². The maximum Gasteiger partial charge on any atom is 0.186 e. The molecule has 0 radical (unpaired) electrons. The third-order valence-electron chi connectivity index (χ3n) is 2.06. The predicted molar refractivity (Wildman–Crippen MR) is 52.0 cm³/mol. The fourth-order valence-corrected chi connectivity index (χ4v) is 1.75. The molecule has 4 heteroatoms. The molecule has 1 heterocycles. The predicted octanol–water partition coefficient (Wildman–Crippen LogP) is 1.76. The molecule has 0 aliphatic carbocycles. The molecule has 13 heavy (non-hydrogen) atoms. The number of hydrogen-bond acceptors (Lipinski definition) is 1. The highest BCUT2D eigenvalue weighted by Crippen LogP contribution is 2.17. The molecule has 0 amide bonds. The van der Waals surface area contributed by atoms with Gasteiger partial charge in [-0.3, -0.25) is 0 Å². The second-order valence-corrected chi connectivity index (χ2v) is 3.87. The minimum absolute atomic E-state index is 0.439. The van der Waals surface area contributed by atoms with Crippen LogP contribution in [0, 0.1) is 0 Å². The first-order valence-corrected chi connectivity index (χ1v) is 4.95. The van der Waals surface area contributed by atoms with Gasteiger partial charge in [0.25, 0.3) is 0 Å². The van der Waals surface area contributed by atoms with Crippen molar-refractivity contribution in [2.75, 3.05) is 0 Å². The van der Waals surface area contributed by atoms with Crippen LogP contribution in [0.5, 0.6) is 0 Å². The summed E-state index contributed by atoms with van der Waals surface area (Å²) in [6, 6.07) is 7.21. The van der Waals surface area contributed by atoms with E-state index in [4.69, 9.17) is 4.55 Å². The summed E-state index contributed by atoms with van der Waals surface area (Å²) < 4.78 is 21.6. The minimum Gasteiger partial charge on any atom is -0.351 e. The van der Waals surface area contributed by atoms with Crippen molar-refractivity contribution in [1.29, 1.82) is 0 Å². The van der Waals surface area contributed by atoms with Crippen LogP contribution >= 0.6 is 0 Å². The molecule has 2 aromatic rings. The van der Waals surface area contributed by atoms with Crippen molar-refractivity contribution in [3.63, 3.8) is 0 Å². The average Bonchev–Trinajstić information content (AvgIpc) is 2.47. The zero-order valence-electron chi connectivity index (χ0n) is 7.10. The standard InChI is InChI=1S/C9H9NO2S/c1-10-5-4-7-2-3-8(13(11)12)6-9(7)10/h2-6H,1H3,(H,11,12). The van der Waals surface area contributed by atoms with Crippen molar-refractivity contribution in [2.24, 2.45) is 7.05 Å². The Kier molecular flexibility index (Phi) is 1.94. The lowest BCUT2D eigenvalue weighted by molar-refractivity contribution is 0.564. The van der Waals surface area contributed by atoms with Crippen LogP contribution in [0.25, 0.3) is 10.9 Å². The molecule has 2 rings (SSSR count). The zero-order valence-corrected chi connectivity index (χ0v) is 7.91. The molecular formula is C9H9NO2S. The summed E-state index contributed by atoms with van der Waals surface area (Å²) in [5, 5.41) is 1.08. The average molecular weight is 195 g/mol. The molecule has 0 saturated heterocycles. The first kappa shape index (κ1) is 8.47. The fraction of sp³-hybridized carbons (Fsp3) is 0.111. The number of aryl methyl sites for hydroxylation is 1. The first-order chi connectivity index (χ1) is 6.18. The molecule has 1 aromatic heterocycles. The highest BCUT2D eigenvalue weighted by atomic mass is 32.2. The molecule has 0 aliphatic rings. The van der Waals surface area contributed by atoms with E-state index < -0.39 is 11.1 Å². The number of aromatic nitrogens is 1. The number of benzene rings is 1. The molecule has 1 aromatic carbocycles. The third kappa shape index (κ3) is 1.38. The molecule has 1 unspecified atom stereocenters. The molecule has 68 valence electrons.